The number of ether oxygens (including phenoxy) is 1. The molecule has 1 heterocycles. The maximum absolute atomic E-state index is 11.9. The van der Waals surface area contributed by atoms with Crippen molar-refractivity contribution in [2.75, 3.05) is 18.6 Å². The number of anilines is 1. The van der Waals surface area contributed by atoms with E-state index in [2.05, 4.69) is 4.74 Å². The van der Waals surface area contributed by atoms with E-state index in [0.29, 0.717) is 11.6 Å². The first-order chi connectivity index (χ1) is 8.52. The Hall–Kier alpha value is -1.55. The molecule has 0 N–H and O–H groups in total. The zero-order valence-corrected chi connectivity index (χ0v) is 11.0. The van der Waals surface area contributed by atoms with Crippen molar-refractivity contribution in [1.29, 1.82) is 0 Å². The first kappa shape index (κ1) is 12.9. The molecule has 2 rings (SSSR count). The van der Waals surface area contributed by atoms with Crippen LogP contribution in [0.5, 0.6) is 0 Å². The van der Waals surface area contributed by atoms with E-state index in [0.717, 1.165) is 11.3 Å². The molecule has 1 aromatic rings. The van der Waals surface area contributed by atoms with Crippen LogP contribution in [0.25, 0.3) is 0 Å². The largest absolute Gasteiger partial charge is 0.469 e. The van der Waals surface area contributed by atoms with Gasteiger partial charge in [-0.3, -0.25) is 9.59 Å². The summed E-state index contributed by atoms with van der Waals surface area (Å²) in [5.74, 6) is -0.772. The van der Waals surface area contributed by atoms with Crippen LogP contribution < -0.4 is 4.90 Å². The first-order valence-corrected chi connectivity index (χ1v) is 6.05. The van der Waals surface area contributed by atoms with Crippen LogP contribution in [0.2, 0.25) is 5.02 Å². The number of rotatable bonds is 2. The van der Waals surface area contributed by atoms with Gasteiger partial charge in [-0.25, -0.2) is 0 Å². The summed E-state index contributed by atoms with van der Waals surface area (Å²) in [6, 6.07) is 5.34. The van der Waals surface area contributed by atoms with Gasteiger partial charge in [-0.1, -0.05) is 11.6 Å². The van der Waals surface area contributed by atoms with Crippen LogP contribution in [0.15, 0.2) is 18.2 Å². The molecule has 0 aromatic heterocycles. The summed E-state index contributed by atoms with van der Waals surface area (Å²) in [6.45, 7) is 2.26. The number of carbonyl (C=O) groups is 2. The van der Waals surface area contributed by atoms with E-state index < -0.39 is 0 Å². The molecular weight excluding hydrogens is 254 g/mol. The standard InChI is InChI=1S/C13H14ClNO3/c1-8-5-10(14)3-4-11(8)15-7-9(6-12(15)16)13(17)18-2/h3-5,9H,6-7H2,1-2H3/t9-/m0/s1. The first-order valence-electron chi connectivity index (χ1n) is 5.67. The Balaban J connectivity index is 2.24. The minimum Gasteiger partial charge on any atom is -0.469 e. The van der Waals surface area contributed by atoms with Crippen LogP contribution in [0.4, 0.5) is 5.69 Å². The Morgan fingerprint density at radius 2 is 2.22 bits per heavy atom. The molecule has 4 nitrogen and oxygen atoms in total. The Kier molecular flexibility index (Phi) is 3.57. The Morgan fingerprint density at radius 3 is 2.83 bits per heavy atom. The van der Waals surface area contributed by atoms with E-state index in [-0.39, 0.29) is 24.2 Å². The fraction of sp³-hybridized carbons (Fsp3) is 0.385. The number of carbonyl (C=O) groups excluding carboxylic acids is 2. The van der Waals surface area contributed by atoms with Crippen molar-refractivity contribution in [2.45, 2.75) is 13.3 Å². The average Bonchev–Trinajstić information content (AvgIpc) is 2.70. The van der Waals surface area contributed by atoms with Crippen LogP contribution in [0, 0.1) is 12.8 Å². The second-order valence-corrected chi connectivity index (χ2v) is 4.80. The molecule has 5 heteroatoms. The molecule has 0 aliphatic carbocycles. The molecule has 1 fully saturated rings. The van der Waals surface area contributed by atoms with Crippen molar-refractivity contribution >= 4 is 29.2 Å². The van der Waals surface area contributed by atoms with Crippen molar-refractivity contribution in [1.82, 2.24) is 0 Å². The molecule has 0 radical (unpaired) electrons. The van der Waals surface area contributed by atoms with Gasteiger partial charge in [-0.2, -0.15) is 0 Å². The summed E-state index contributed by atoms with van der Waals surface area (Å²) in [7, 11) is 1.34. The lowest BCUT2D eigenvalue weighted by Gasteiger charge is -2.18. The van der Waals surface area contributed by atoms with Gasteiger partial charge in [0.1, 0.15) is 0 Å². The van der Waals surface area contributed by atoms with Gasteiger partial charge in [0.25, 0.3) is 0 Å². The number of aryl methyl sites for hydroxylation is 1. The lowest BCUT2D eigenvalue weighted by molar-refractivity contribution is -0.145. The number of hydrogen-bond donors (Lipinski definition) is 0. The second kappa shape index (κ2) is 4.98. The Bertz CT molecular complexity index is 501. The number of amides is 1. The van der Waals surface area contributed by atoms with Gasteiger partial charge < -0.3 is 9.64 Å². The maximum atomic E-state index is 11.9. The molecule has 96 valence electrons. The monoisotopic (exact) mass is 267 g/mol. The van der Waals surface area contributed by atoms with Gasteiger partial charge >= 0.3 is 5.97 Å². The SMILES string of the molecule is COC(=O)[C@H]1CC(=O)N(c2ccc(Cl)cc2C)C1. The maximum Gasteiger partial charge on any atom is 0.311 e. The highest BCUT2D eigenvalue weighted by molar-refractivity contribution is 6.30. The van der Waals surface area contributed by atoms with Gasteiger partial charge in [0.15, 0.2) is 0 Å². The highest BCUT2D eigenvalue weighted by atomic mass is 35.5. The van der Waals surface area contributed by atoms with Crippen LogP contribution in [0.1, 0.15) is 12.0 Å². The molecule has 0 spiro atoms. The second-order valence-electron chi connectivity index (χ2n) is 4.36. The summed E-state index contributed by atoms with van der Waals surface area (Å²) in [5, 5.41) is 0.632. The third kappa shape index (κ3) is 2.34. The predicted molar refractivity (Wildman–Crippen MR) is 68.7 cm³/mol. The molecule has 1 aromatic carbocycles. The number of halogens is 1. The quantitative estimate of drug-likeness (QED) is 0.772. The van der Waals surface area contributed by atoms with Gasteiger partial charge in [-0.05, 0) is 30.7 Å². The average molecular weight is 268 g/mol. The van der Waals surface area contributed by atoms with E-state index in [9.17, 15) is 9.59 Å². The molecule has 0 bridgehead atoms. The van der Waals surface area contributed by atoms with Gasteiger partial charge in [0.05, 0.1) is 13.0 Å². The summed E-state index contributed by atoms with van der Waals surface area (Å²) in [5.41, 5.74) is 1.72. The van der Waals surface area contributed by atoms with Gasteiger partial charge in [-0.15, -0.1) is 0 Å². The van der Waals surface area contributed by atoms with Gasteiger partial charge in [0, 0.05) is 23.7 Å². The van der Waals surface area contributed by atoms with Crippen molar-refractivity contribution in [3.05, 3.63) is 28.8 Å². The smallest absolute Gasteiger partial charge is 0.311 e. The number of nitrogens with zero attached hydrogens (tertiary/aromatic N) is 1. The predicted octanol–water partition coefficient (Wildman–Crippen LogP) is 2.17. The van der Waals surface area contributed by atoms with Crippen LogP contribution in [0.3, 0.4) is 0 Å². The van der Waals surface area contributed by atoms with E-state index in [1.54, 1.807) is 23.1 Å². The zero-order chi connectivity index (χ0) is 13.3. The third-order valence-electron chi connectivity index (χ3n) is 3.11. The van der Waals surface area contributed by atoms with Crippen molar-refractivity contribution < 1.29 is 14.3 Å². The summed E-state index contributed by atoms with van der Waals surface area (Å²) >= 11 is 5.88. The van der Waals surface area contributed by atoms with Crippen LogP contribution in [-0.4, -0.2) is 25.5 Å². The molecule has 0 saturated carbocycles. The molecule has 1 amide bonds. The lowest BCUT2D eigenvalue weighted by atomic mass is 10.1. The Morgan fingerprint density at radius 1 is 1.50 bits per heavy atom. The van der Waals surface area contributed by atoms with E-state index >= 15 is 0 Å². The third-order valence-corrected chi connectivity index (χ3v) is 3.34. The molecule has 18 heavy (non-hydrogen) atoms. The fourth-order valence-corrected chi connectivity index (χ4v) is 2.41. The van der Waals surface area contributed by atoms with Gasteiger partial charge in [0.2, 0.25) is 5.91 Å². The van der Waals surface area contributed by atoms with Crippen LogP contribution in [-0.2, 0) is 14.3 Å². The number of esters is 1. The zero-order valence-electron chi connectivity index (χ0n) is 10.3. The van der Waals surface area contributed by atoms with E-state index in [1.807, 2.05) is 6.92 Å². The molecule has 1 saturated heterocycles. The summed E-state index contributed by atoms with van der Waals surface area (Å²) < 4.78 is 4.68. The fourth-order valence-electron chi connectivity index (χ4n) is 2.19. The minimum absolute atomic E-state index is 0.0594. The molecule has 1 aliphatic heterocycles. The highest BCUT2D eigenvalue weighted by Gasteiger charge is 2.36. The summed E-state index contributed by atoms with van der Waals surface area (Å²) in [6.07, 6.45) is 0.203. The van der Waals surface area contributed by atoms with E-state index in [4.69, 9.17) is 11.6 Å². The van der Waals surface area contributed by atoms with Crippen molar-refractivity contribution in [2.24, 2.45) is 5.92 Å². The number of methoxy groups -OCH3 is 1. The molecular formula is C13H14ClNO3. The van der Waals surface area contributed by atoms with Crippen LogP contribution >= 0.6 is 11.6 Å². The molecule has 1 atom stereocenters. The van der Waals surface area contributed by atoms with E-state index in [1.165, 1.54) is 7.11 Å². The topological polar surface area (TPSA) is 46.6 Å². The Labute approximate surface area is 110 Å². The summed E-state index contributed by atoms with van der Waals surface area (Å²) in [4.78, 5) is 25.0. The molecule has 1 aliphatic rings. The number of hydrogen-bond acceptors (Lipinski definition) is 3. The lowest BCUT2D eigenvalue weighted by Crippen LogP contribution is -2.26. The number of benzene rings is 1. The van der Waals surface area contributed by atoms with Crippen molar-refractivity contribution in [3.63, 3.8) is 0 Å². The minimum atomic E-state index is -0.377. The molecule has 0 unspecified atom stereocenters. The van der Waals surface area contributed by atoms with Crippen molar-refractivity contribution in [3.8, 4) is 0 Å². The highest BCUT2D eigenvalue weighted by Crippen LogP contribution is 2.29. The normalized spacial score (nSPS) is 19.2.